The average Bonchev–Trinajstić information content (AvgIpc) is 3.45. The van der Waals surface area contributed by atoms with E-state index in [-0.39, 0.29) is 0 Å². The molecule has 4 nitrogen and oxygen atoms in total. The summed E-state index contributed by atoms with van der Waals surface area (Å²) in [4.78, 5) is 15.6. The largest absolute Gasteiger partial charge is 0.298 e. The standard InChI is InChI=1S/C40H30N4/c1-5-8-9-18-30-28(7-3)37(39-40-38(29(16-6-2)26(4)41-39)43-35-22-14-15-25-44(35)40)32-20-12-11-19-31(32)36(30)34-24-23-27-17-10-13-21-33(27)42-34/h5-8,10-25H,1,3H2,2,4H3/b16-6-. The van der Waals surface area contributed by atoms with E-state index in [1.54, 1.807) is 6.08 Å². The van der Waals surface area contributed by atoms with E-state index in [4.69, 9.17) is 15.0 Å². The highest BCUT2D eigenvalue weighted by molar-refractivity contribution is 6.14. The minimum atomic E-state index is 0.857. The Morgan fingerprint density at radius 2 is 1.55 bits per heavy atom. The van der Waals surface area contributed by atoms with Gasteiger partial charge in [-0.2, -0.15) is 0 Å². The fraction of sp³-hybridized carbons (Fsp3) is 0.0500. The van der Waals surface area contributed by atoms with Gasteiger partial charge in [0.2, 0.25) is 0 Å². The van der Waals surface area contributed by atoms with Gasteiger partial charge in [-0.05, 0) is 66.6 Å². The van der Waals surface area contributed by atoms with Crippen LogP contribution in [0.4, 0.5) is 0 Å². The molecule has 0 radical (unpaired) electrons. The van der Waals surface area contributed by atoms with Gasteiger partial charge in [-0.1, -0.05) is 92.1 Å². The average molecular weight is 567 g/mol. The molecule has 0 aliphatic rings. The van der Waals surface area contributed by atoms with E-state index in [0.717, 1.165) is 83.3 Å². The summed E-state index contributed by atoms with van der Waals surface area (Å²) in [5.41, 5.74) is 14.6. The smallest absolute Gasteiger partial charge is 0.137 e. The van der Waals surface area contributed by atoms with Crippen LogP contribution in [0.1, 0.15) is 29.3 Å². The molecule has 0 amide bonds. The SMILES string of the molecule is C=CC=C=Cc1c(C=C)c(-c2nc(C)c(/C=C\C)c3nc4ccccn4c23)c2ccccc2c1-c1ccc2ccccc2n1. The summed E-state index contributed by atoms with van der Waals surface area (Å²) in [5.74, 6) is 0. The molecule has 0 saturated heterocycles. The maximum absolute atomic E-state index is 5.32. The molecule has 0 unspecified atom stereocenters. The molecular weight excluding hydrogens is 536 g/mol. The molecular formula is C40H30N4. The first kappa shape index (κ1) is 27.0. The predicted octanol–water partition coefficient (Wildman–Crippen LogP) is 10.3. The van der Waals surface area contributed by atoms with Crippen molar-refractivity contribution in [3.05, 3.63) is 145 Å². The van der Waals surface area contributed by atoms with Crippen molar-refractivity contribution in [3.63, 3.8) is 0 Å². The van der Waals surface area contributed by atoms with E-state index in [1.807, 2.05) is 61.6 Å². The van der Waals surface area contributed by atoms with Gasteiger partial charge >= 0.3 is 0 Å². The normalized spacial score (nSPS) is 11.4. The van der Waals surface area contributed by atoms with Gasteiger partial charge in [0.25, 0.3) is 0 Å². The second-order valence-corrected chi connectivity index (χ2v) is 10.6. The molecule has 210 valence electrons. The number of nitrogens with zero attached hydrogens (tertiary/aromatic N) is 4. The monoisotopic (exact) mass is 566 g/mol. The molecule has 0 saturated carbocycles. The number of aryl methyl sites for hydroxylation is 1. The van der Waals surface area contributed by atoms with E-state index in [9.17, 15) is 0 Å². The summed E-state index contributed by atoms with van der Waals surface area (Å²) in [7, 11) is 0. The van der Waals surface area contributed by atoms with Gasteiger partial charge in [0.1, 0.15) is 11.2 Å². The minimum Gasteiger partial charge on any atom is -0.298 e. The Morgan fingerprint density at radius 1 is 0.773 bits per heavy atom. The molecule has 3 aromatic carbocycles. The fourth-order valence-corrected chi connectivity index (χ4v) is 6.18. The van der Waals surface area contributed by atoms with Gasteiger partial charge in [-0.15, -0.1) is 5.73 Å². The summed E-state index contributed by atoms with van der Waals surface area (Å²) in [6.07, 6.45) is 13.7. The van der Waals surface area contributed by atoms with Crippen molar-refractivity contribution < 1.29 is 0 Å². The summed E-state index contributed by atoms with van der Waals surface area (Å²) in [6, 6.07) is 27.0. The number of pyridine rings is 3. The number of hydrogen-bond acceptors (Lipinski definition) is 3. The molecule has 0 aliphatic heterocycles. The van der Waals surface area contributed by atoms with Gasteiger partial charge in [0.05, 0.1) is 22.4 Å². The highest BCUT2D eigenvalue weighted by Gasteiger charge is 2.25. The van der Waals surface area contributed by atoms with Crippen molar-refractivity contribution in [2.45, 2.75) is 13.8 Å². The van der Waals surface area contributed by atoms with Crippen LogP contribution in [-0.4, -0.2) is 19.4 Å². The van der Waals surface area contributed by atoms with Gasteiger partial charge < -0.3 is 0 Å². The predicted molar refractivity (Wildman–Crippen MR) is 186 cm³/mol. The van der Waals surface area contributed by atoms with Gasteiger partial charge in [-0.3, -0.25) is 9.38 Å². The number of benzene rings is 3. The van der Waals surface area contributed by atoms with E-state index < -0.39 is 0 Å². The fourth-order valence-electron chi connectivity index (χ4n) is 6.18. The molecule has 0 bridgehead atoms. The molecule has 4 heteroatoms. The number of rotatable bonds is 6. The molecule has 0 spiro atoms. The van der Waals surface area contributed by atoms with Gasteiger partial charge in [-0.25, -0.2) is 9.97 Å². The lowest BCUT2D eigenvalue weighted by Crippen LogP contribution is -2.01. The van der Waals surface area contributed by atoms with Crippen molar-refractivity contribution in [2.75, 3.05) is 0 Å². The zero-order valence-electron chi connectivity index (χ0n) is 24.8. The summed E-state index contributed by atoms with van der Waals surface area (Å²) >= 11 is 0. The van der Waals surface area contributed by atoms with E-state index >= 15 is 0 Å². The first-order valence-corrected chi connectivity index (χ1v) is 14.7. The third-order valence-electron chi connectivity index (χ3n) is 8.04. The number of allylic oxidation sites excluding steroid dienone is 3. The summed E-state index contributed by atoms with van der Waals surface area (Å²) < 4.78 is 2.14. The first-order chi connectivity index (χ1) is 21.6. The molecule has 0 N–H and O–H groups in total. The zero-order chi connectivity index (χ0) is 30.2. The molecule has 44 heavy (non-hydrogen) atoms. The first-order valence-electron chi connectivity index (χ1n) is 14.7. The minimum absolute atomic E-state index is 0.857. The van der Waals surface area contributed by atoms with Crippen molar-refractivity contribution in [2.24, 2.45) is 0 Å². The van der Waals surface area contributed by atoms with E-state index in [0.29, 0.717) is 0 Å². The van der Waals surface area contributed by atoms with E-state index in [2.05, 4.69) is 91.0 Å². The number of aromatic nitrogens is 4. The molecule has 4 heterocycles. The van der Waals surface area contributed by atoms with Crippen LogP contribution in [0.15, 0.2) is 122 Å². The molecule has 0 fully saturated rings. The van der Waals surface area contributed by atoms with Crippen molar-refractivity contribution in [3.8, 4) is 22.5 Å². The highest BCUT2D eigenvalue weighted by Crippen LogP contribution is 2.45. The van der Waals surface area contributed by atoms with Crippen LogP contribution in [0.3, 0.4) is 0 Å². The van der Waals surface area contributed by atoms with Crippen molar-refractivity contribution in [1.82, 2.24) is 19.4 Å². The summed E-state index contributed by atoms with van der Waals surface area (Å²) in [6.45, 7) is 12.3. The second-order valence-electron chi connectivity index (χ2n) is 10.6. The lowest BCUT2D eigenvalue weighted by atomic mass is 9.85. The Labute approximate surface area is 256 Å². The molecule has 7 rings (SSSR count). The third kappa shape index (κ3) is 4.29. The van der Waals surface area contributed by atoms with Crippen LogP contribution < -0.4 is 0 Å². The number of fused-ring (bicyclic) bond motifs is 5. The zero-order valence-corrected chi connectivity index (χ0v) is 24.8. The maximum atomic E-state index is 5.32. The van der Waals surface area contributed by atoms with Crippen LogP contribution in [0.2, 0.25) is 0 Å². The molecule has 4 aromatic heterocycles. The Bertz CT molecular complexity index is 2380. The third-order valence-corrected chi connectivity index (χ3v) is 8.04. The van der Waals surface area contributed by atoms with E-state index in [1.165, 1.54) is 0 Å². The van der Waals surface area contributed by atoms with Crippen LogP contribution in [0, 0.1) is 6.92 Å². The van der Waals surface area contributed by atoms with Crippen molar-refractivity contribution >= 4 is 56.6 Å². The van der Waals surface area contributed by atoms with Crippen LogP contribution in [0.5, 0.6) is 0 Å². The summed E-state index contributed by atoms with van der Waals surface area (Å²) in [5, 5.41) is 3.23. The Balaban J connectivity index is 1.69. The topological polar surface area (TPSA) is 43.1 Å². The van der Waals surface area contributed by atoms with Crippen LogP contribution in [-0.2, 0) is 0 Å². The van der Waals surface area contributed by atoms with Gasteiger partial charge in [0.15, 0.2) is 0 Å². The number of hydrogen-bond donors (Lipinski definition) is 0. The Hall–Kier alpha value is -5.83. The highest BCUT2D eigenvalue weighted by atomic mass is 15.0. The van der Waals surface area contributed by atoms with Crippen LogP contribution in [0.25, 0.3) is 79.1 Å². The maximum Gasteiger partial charge on any atom is 0.137 e. The lowest BCUT2D eigenvalue weighted by molar-refractivity contribution is 1.18. The number of para-hydroxylation sites is 1. The quantitative estimate of drug-likeness (QED) is 0.149. The molecule has 0 aliphatic carbocycles. The second kappa shape index (κ2) is 11.1. The molecule has 0 atom stereocenters. The number of imidazole rings is 1. The lowest BCUT2D eigenvalue weighted by Gasteiger charge is -2.20. The van der Waals surface area contributed by atoms with Crippen molar-refractivity contribution in [1.29, 1.82) is 0 Å². The Kier molecular flexibility index (Phi) is 6.82. The molecule has 7 aromatic rings. The Morgan fingerprint density at radius 3 is 2.34 bits per heavy atom. The van der Waals surface area contributed by atoms with Gasteiger partial charge in [0, 0.05) is 39.5 Å². The van der Waals surface area contributed by atoms with Crippen LogP contribution >= 0.6 is 0 Å².